The number of nitrogens with zero attached hydrogens (tertiary/aromatic N) is 1. The summed E-state index contributed by atoms with van der Waals surface area (Å²) in [5.74, 6) is 1.60. The van der Waals surface area contributed by atoms with Crippen LogP contribution in [0.5, 0.6) is 11.5 Å². The summed E-state index contributed by atoms with van der Waals surface area (Å²) in [4.78, 5) is 4.57. The average Bonchev–Trinajstić information content (AvgIpc) is 2.88. The van der Waals surface area contributed by atoms with Gasteiger partial charge in [-0.05, 0) is 36.4 Å². The number of anilines is 2. The van der Waals surface area contributed by atoms with Crippen molar-refractivity contribution >= 4 is 48.3 Å². The van der Waals surface area contributed by atoms with Crippen LogP contribution in [-0.2, 0) is 0 Å². The van der Waals surface area contributed by atoms with Crippen molar-refractivity contribution in [3.63, 3.8) is 0 Å². The van der Waals surface area contributed by atoms with Gasteiger partial charge in [-0.2, -0.15) is 0 Å². The van der Waals surface area contributed by atoms with Crippen LogP contribution in [0.2, 0.25) is 0 Å². The molecule has 0 amide bonds. The summed E-state index contributed by atoms with van der Waals surface area (Å²) in [6.45, 7) is 0. The minimum absolute atomic E-state index is 0.773. The molecule has 3 rings (SSSR count). The molecule has 0 aliphatic heterocycles. The van der Waals surface area contributed by atoms with Gasteiger partial charge in [-0.25, -0.2) is 4.98 Å². The van der Waals surface area contributed by atoms with E-state index in [-0.39, 0.29) is 0 Å². The molecule has 0 atom stereocenters. The van der Waals surface area contributed by atoms with Gasteiger partial charge in [-0.15, -0.1) is 0 Å². The van der Waals surface area contributed by atoms with Crippen LogP contribution in [0.1, 0.15) is 0 Å². The Kier molecular flexibility index (Phi) is 3.98. The smallest absolute Gasteiger partial charge is 0.188 e. The zero-order valence-corrected chi connectivity index (χ0v) is 13.9. The Morgan fingerprint density at radius 3 is 2.71 bits per heavy atom. The van der Waals surface area contributed by atoms with E-state index in [2.05, 4.69) is 26.2 Å². The predicted octanol–water partition coefficient (Wildman–Crippen LogP) is 4.82. The van der Waals surface area contributed by atoms with E-state index in [1.54, 1.807) is 25.6 Å². The first kappa shape index (κ1) is 14.2. The lowest BCUT2D eigenvalue weighted by Crippen LogP contribution is -1.93. The monoisotopic (exact) mass is 364 g/mol. The summed E-state index contributed by atoms with van der Waals surface area (Å²) in [5.41, 5.74) is 1.81. The molecule has 108 valence electrons. The van der Waals surface area contributed by atoms with Crippen molar-refractivity contribution in [3.8, 4) is 11.5 Å². The molecular weight excluding hydrogens is 352 g/mol. The lowest BCUT2D eigenvalue weighted by Gasteiger charge is -2.09. The zero-order valence-electron chi connectivity index (χ0n) is 11.5. The number of aromatic nitrogens is 1. The molecule has 1 aromatic heterocycles. The normalized spacial score (nSPS) is 10.6. The summed E-state index contributed by atoms with van der Waals surface area (Å²) in [6, 6.07) is 11.7. The van der Waals surface area contributed by atoms with Crippen LogP contribution < -0.4 is 14.8 Å². The van der Waals surface area contributed by atoms with Crippen LogP contribution in [-0.4, -0.2) is 19.2 Å². The first-order chi connectivity index (χ1) is 10.2. The molecule has 0 saturated carbocycles. The summed E-state index contributed by atoms with van der Waals surface area (Å²) in [6.07, 6.45) is 0. The number of halogens is 1. The summed E-state index contributed by atoms with van der Waals surface area (Å²) in [5, 5.41) is 4.12. The third-order valence-corrected chi connectivity index (χ3v) is 4.43. The second-order valence-electron chi connectivity index (χ2n) is 4.32. The molecule has 0 spiro atoms. The zero-order chi connectivity index (χ0) is 14.8. The third-order valence-electron chi connectivity index (χ3n) is 3.00. The Balaban J connectivity index is 1.96. The number of hydrogen-bond acceptors (Lipinski definition) is 5. The van der Waals surface area contributed by atoms with Gasteiger partial charge in [0.15, 0.2) is 5.13 Å². The molecule has 0 fully saturated rings. The molecule has 0 aliphatic carbocycles. The van der Waals surface area contributed by atoms with Gasteiger partial charge in [0, 0.05) is 4.47 Å². The van der Waals surface area contributed by atoms with Crippen molar-refractivity contribution < 1.29 is 9.47 Å². The lowest BCUT2D eigenvalue weighted by molar-refractivity contribution is 0.415. The molecule has 1 heterocycles. The maximum Gasteiger partial charge on any atom is 0.188 e. The molecule has 0 bridgehead atoms. The Morgan fingerprint density at radius 2 is 1.95 bits per heavy atom. The Morgan fingerprint density at radius 1 is 1.10 bits per heavy atom. The highest BCUT2D eigenvalue weighted by molar-refractivity contribution is 9.10. The van der Waals surface area contributed by atoms with Crippen LogP contribution in [0.25, 0.3) is 10.2 Å². The molecule has 21 heavy (non-hydrogen) atoms. The number of nitrogens with one attached hydrogen (secondary N) is 1. The van der Waals surface area contributed by atoms with E-state index in [1.165, 1.54) is 0 Å². The molecule has 4 nitrogen and oxygen atoms in total. The topological polar surface area (TPSA) is 43.4 Å². The highest BCUT2D eigenvalue weighted by Crippen LogP contribution is 2.35. The van der Waals surface area contributed by atoms with Crippen molar-refractivity contribution in [1.82, 2.24) is 4.98 Å². The van der Waals surface area contributed by atoms with Gasteiger partial charge in [-0.3, -0.25) is 0 Å². The highest BCUT2D eigenvalue weighted by atomic mass is 79.9. The fourth-order valence-electron chi connectivity index (χ4n) is 1.98. The highest BCUT2D eigenvalue weighted by Gasteiger charge is 2.09. The number of methoxy groups -OCH3 is 2. The van der Waals surface area contributed by atoms with E-state index in [0.717, 1.165) is 37.0 Å². The van der Waals surface area contributed by atoms with E-state index < -0.39 is 0 Å². The number of benzene rings is 2. The van der Waals surface area contributed by atoms with Crippen LogP contribution in [0.4, 0.5) is 10.8 Å². The van der Waals surface area contributed by atoms with Gasteiger partial charge in [0.05, 0.1) is 30.1 Å². The number of thiazole rings is 1. The quantitative estimate of drug-likeness (QED) is 0.720. The van der Waals surface area contributed by atoms with Crippen LogP contribution in [0, 0.1) is 0 Å². The fraction of sp³-hybridized carbons (Fsp3) is 0.133. The maximum absolute atomic E-state index is 5.36. The minimum atomic E-state index is 0.773. The minimum Gasteiger partial charge on any atom is -0.497 e. The maximum atomic E-state index is 5.36. The Hall–Kier alpha value is -1.79. The molecule has 1 N–H and O–H groups in total. The summed E-state index contributed by atoms with van der Waals surface area (Å²) < 4.78 is 12.6. The van der Waals surface area contributed by atoms with E-state index in [1.807, 2.05) is 36.4 Å². The molecule has 0 radical (unpaired) electrons. The van der Waals surface area contributed by atoms with Gasteiger partial charge in [0.2, 0.25) is 0 Å². The molecular formula is C15H13BrN2O2S. The molecule has 0 unspecified atom stereocenters. The molecule has 3 aromatic rings. The second-order valence-corrected chi connectivity index (χ2v) is 6.27. The SMILES string of the molecule is COc1ccc2nc(Nc3cc(Br)ccc3OC)sc2c1. The van der Waals surface area contributed by atoms with Crippen LogP contribution >= 0.6 is 27.3 Å². The van der Waals surface area contributed by atoms with Gasteiger partial charge < -0.3 is 14.8 Å². The van der Waals surface area contributed by atoms with E-state index in [9.17, 15) is 0 Å². The fourth-order valence-corrected chi connectivity index (χ4v) is 3.25. The van der Waals surface area contributed by atoms with Crippen LogP contribution in [0.3, 0.4) is 0 Å². The molecule has 0 aliphatic rings. The molecule has 6 heteroatoms. The first-order valence-electron chi connectivity index (χ1n) is 6.25. The van der Waals surface area contributed by atoms with Crippen molar-refractivity contribution in [3.05, 3.63) is 40.9 Å². The third kappa shape index (κ3) is 2.96. The van der Waals surface area contributed by atoms with Crippen molar-refractivity contribution in [2.75, 3.05) is 19.5 Å². The van der Waals surface area contributed by atoms with Crippen LogP contribution in [0.15, 0.2) is 40.9 Å². The van der Waals surface area contributed by atoms with E-state index in [4.69, 9.17) is 9.47 Å². The average molecular weight is 365 g/mol. The number of rotatable bonds is 4. The lowest BCUT2D eigenvalue weighted by atomic mass is 10.3. The van der Waals surface area contributed by atoms with Crippen molar-refractivity contribution in [2.45, 2.75) is 0 Å². The van der Waals surface area contributed by atoms with Crippen molar-refractivity contribution in [2.24, 2.45) is 0 Å². The number of ether oxygens (including phenoxy) is 2. The van der Waals surface area contributed by atoms with Crippen molar-refractivity contribution in [1.29, 1.82) is 0 Å². The molecule has 0 saturated heterocycles. The standard InChI is InChI=1S/C15H13BrN2O2S/c1-19-10-4-5-11-14(8-10)21-15(17-11)18-12-7-9(16)3-6-13(12)20-2/h3-8H,1-2H3,(H,17,18). The van der Waals surface area contributed by atoms with Gasteiger partial charge in [-0.1, -0.05) is 27.3 Å². The Labute approximate surface area is 134 Å². The van der Waals surface area contributed by atoms with Gasteiger partial charge in [0.25, 0.3) is 0 Å². The summed E-state index contributed by atoms with van der Waals surface area (Å²) in [7, 11) is 3.31. The predicted molar refractivity (Wildman–Crippen MR) is 90.1 cm³/mol. The number of hydrogen-bond donors (Lipinski definition) is 1. The first-order valence-corrected chi connectivity index (χ1v) is 7.85. The van der Waals surface area contributed by atoms with E-state index >= 15 is 0 Å². The second kappa shape index (κ2) is 5.91. The van der Waals surface area contributed by atoms with Gasteiger partial charge >= 0.3 is 0 Å². The molecule has 2 aromatic carbocycles. The summed E-state index contributed by atoms with van der Waals surface area (Å²) >= 11 is 5.04. The Bertz CT molecular complexity index is 788. The largest absolute Gasteiger partial charge is 0.497 e. The van der Waals surface area contributed by atoms with E-state index in [0.29, 0.717) is 0 Å². The number of fused-ring (bicyclic) bond motifs is 1. The van der Waals surface area contributed by atoms with Gasteiger partial charge in [0.1, 0.15) is 11.5 Å².